The van der Waals surface area contributed by atoms with E-state index in [1.54, 1.807) is 11.0 Å². The average Bonchev–Trinajstić information content (AvgIpc) is 3.59. The van der Waals surface area contributed by atoms with Crippen LogP contribution in [0.3, 0.4) is 0 Å². The smallest absolute Gasteiger partial charge is 0.262 e. The number of nitrogens with one attached hydrogen (secondary N) is 1. The molecule has 0 aromatic heterocycles. The lowest BCUT2D eigenvalue weighted by atomic mass is 10.0. The number of likely N-dealkylation sites (tertiary alicyclic amines) is 1. The maximum absolute atomic E-state index is 14.2. The first-order chi connectivity index (χ1) is 17.5. The van der Waals surface area contributed by atoms with Crippen LogP contribution in [0.15, 0.2) is 60.3 Å². The van der Waals surface area contributed by atoms with Gasteiger partial charge in [-0.2, -0.15) is 0 Å². The predicted molar refractivity (Wildman–Crippen MR) is 139 cm³/mol. The van der Waals surface area contributed by atoms with Gasteiger partial charge in [0.15, 0.2) is 0 Å². The molecule has 0 spiro atoms. The number of amides is 2. The molecule has 0 radical (unpaired) electrons. The Kier molecular flexibility index (Phi) is 7.73. The molecule has 2 fully saturated rings. The van der Waals surface area contributed by atoms with Crippen LogP contribution in [-0.4, -0.2) is 47.8 Å². The largest absolute Gasteiger partial charge is 0.349 e. The molecule has 1 saturated heterocycles. The number of fused-ring (bicyclic) bond motifs is 1. The number of nitrogens with zero attached hydrogens (tertiary/aromatic N) is 2. The Balaban J connectivity index is 1.18. The maximum atomic E-state index is 14.2. The van der Waals surface area contributed by atoms with E-state index in [9.17, 15) is 14.0 Å². The van der Waals surface area contributed by atoms with Crippen LogP contribution in [-0.2, 0) is 4.79 Å². The van der Waals surface area contributed by atoms with Crippen molar-refractivity contribution >= 4 is 23.4 Å². The highest BCUT2D eigenvalue weighted by atomic mass is 35.5. The van der Waals surface area contributed by atoms with Gasteiger partial charge in [0, 0.05) is 44.7 Å². The molecule has 3 aliphatic rings. The predicted octanol–water partition coefficient (Wildman–Crippen LogP) is 5.58. The molecule has 2 atom stereocenters. The Morgan fingerprint density at radius 2 is 1.83 bits per heavy atom. The second-order valence-corrected chi connectivity index (χ2v) is 10.8. The molecule has 5 nitrogen and oxygen atoms in total. The zero-order valence-electron chi connectivity index (χ0n) is 20.5. The van der Waals surface area contributed by atoms with Crippen molar-refractivity contribution in [1.29, 1.82) is 0 Å². The molecule has 0 bridgehead atoms. The molecule has 36 heavy (non-hydrogen) atoms. The van der Waals surface area contributed by atoms with Crippen molar-refractivity contribution in [3.63, 3.8) is 0 Å². The van der Waals surface area contributed by atoms with Crippen molar-refractivity contribution in [2.75, 3.05) is 26.2 Å². The molecule has 2 aromatic carbocycles. The fourth-order valence-corrected chi connectivity index (χ4v) is 6.14. The lowest BCUT2D eigenvalue weighted by molar-refractivity contribution is -0.122. The molecule has 1 N–H and O–H groups in total. The van der Waals surface area contributed by atoms with Crippen LogP contribution in [0.1, 0.15) is 60.5 Å². The monoisotopic (exact) mass is 509 g/mol. The Morgan fingerprint density at radius 3 is 2.56 bits per heavy atom. The molecule has 2 heterocycles. The molecule has 2 aromatic rings. The van der Waals surface area contributed by atoms with Crippen molar-refractivity contribution in [1.82, 2.24) is 15.1 Å². The van der Waals surface area contributed by atoms with Gasteiger partial charge < -0.3 is 10.2 Å². The van der Waals surface area contributed by atoms with Crippen LogP contribution >= 0.6 is 11.6 Å². The van der Waals surface area contributed by atoms with Gasteiger partial charge in [0.1, 0.15) is 5.82 Å². The lowest BCUT2D eigenvalue weighted by Gasteiger charge is -2.24. The van der Waals surface area contributed by atoms with Crippen LogP contribution in [0, 0.1) is 17.7 Å². The van der Waals surface area contributed by atoms with E-state index in [-0.39, 0.29) is 34.4 Å². The molecular formula is C29H33ClFN3O2. The molecule has 190 valence electrons. The van der Waals surface area contributed by atoms with Gasteiger partial charge in [-0.25, -0.2) is 4.39 Å². The highest BCUT2D eigenvalue weighted by Gasteiger charge is 2.36. The minimum absolute atomic E-state index is 0.0178. The number of hydrogen-bond acceptors (Lipinski definition) is 3. The van der Waals surface area contributed by atoms with Crippen molar-refractivity contribution in [2.24, 2.45) is 11.8 Å². The van der Waals surface area contributed by atoms with Crippen LogP contribution in [0.25, 0.3) is 0 Å². The second-order valence-electron chi connectivity index (χ2n) is 10.4. The summed E-state index contributed by atoms with van der Waals surface area (Å²) in [5.41, 5.74) is 2.26. The standard InChI is InChI=1S/C29H33ClFN3O2/c30-24-11-6-12-25(31)28(24)29(36)34-18-22-16-33(17-23(22)19-34)14-13-26(21-9-2-1-3-10-21)32-27(35)15-20-7-4-5-8-20/h1-3,6,9-12,18,20,23,26H,4-5,7-8,13-17,19H2,(H,32,35)/t23?,26-/m0/s1. The summed E-state index contributed by atoms with van der Waals surface area (Å²) in [4.78, 5) is 29.7. The summed E-state index contributed by atoms with van der Waals surface area (Å²) < 4.78 is 14.2. The number of carbonyl (C=O) groups is 2. The topological polar surface area (TPSA) is 52.7 Å². The molecular weight excluding hydrogens is 477 g/mol. The number of benzene rings is 2. The lowest BCUT2D eigenvalue weighted by Crippen LogP contribution is -2.34. The third-order valence-corrected chi connectivity index (χ3v) is 8.12. The van der Waals surface area contributed by atoms with Crippen LogP contribution in [0.2, 0.25) is 5.02 Å². The summed E-state index contributed by atoms with van der Waals surface area (Å²) in [6.07, 6.45) is 8.12. The van der Waals surface area contributed by atoms with E-state index >= 15 is 0 Å². The van der Waals surface area contributed by atoms with Gasteiger partial charge >= 0.3 is 0 Å². The molecule has 1 saturated carbocycles. The summed E-state index contributed by atoms with van der Waals surface area (Å²) in [6, 6.07) is 14.5. The average molecular weight is 510 g/mol. The Bertz CT molecular complexity index is 1110. The van der Waals surface area contributed by atoms with Gasteiger partial charge in [0.25, 0.3) is 5.91 Å². The summed E-state index contributed by atoms with van der Waals surface area (Å²) >= 11 is 6.10. The first-order valence-corrected chi connectivity index (χ1v) is 13.4. The summed E-state index contributed by atoms with van der Waals surface area (Å²) in [7, 11) is 0. The van der Waals surface area contributed by atoms with Gasteiger partial charge in [-0.05, 0) is 48.4 Å². The quantitative estimate of drug-likeness (QED) is 0.505. The molecule has 2 aliphatic heterocycles. The zero-order chi connectivity index (χ0) is 25.1. The third-order valence-electron chi connectivity index (χ3n) is 7.81. The highest BCUT2D eigenvalue weighted by molar-refractivity contribution is 6.33. The number of rotatable bonds is 8. The van der Waals surface area contributed by atoms with E-state index in [1.807, 2.05) is 24.4 Å². The fourth-order valence-electron chi connectivity index (χ4n) is 5.90. The van der Waals surface area contributed by atoms with E-state index in [2.05, 4.69) is 22.3 Å². The van der Waals surface area contributed by atoms with Gasteiger partial charge in [-0.15, -0.1) is 0 Å². The van der Waals surface area contributed by atoms with Crippen molar-refractivity contribution < 1.29 is 14.0 Å². The summed E-state index contributed by atoms with van der Waals surface area (Å²) in [6.45, 7) is 3.01. The first-order valence-electron chi connectivity index (χ1n) is 13.0. The Morgan fingerprint density at radius 1 is 1.06 bits per heavy atom. The second kappa shape index (κ2) is 11.1. The van der Waals surface area contributed by atoms with Gasteiger partial charge in [-0.1, -0.05) is 60.8 Å². The van der Waals surface area contributed by atoms with Gasteiger partial charge in [0.2, 0.25) is 5.91 Å². The maximum Gasteiger partial charge on any atom is 0.262 e. The van der Waals surface area contributed by atoms with Gasteiger partial charge in [0.05, 0.1) is 16.6 Å². The molecule has 2 amide bonds. The molecule has 1 unspecified atom stereocenters. The summed E-state index contributed by atoms with van der Waals surface area (Å²) in [5.74, 6) is -0.0623. The van der Waals surface area contributed by atoms with E-state index < -0.39 is 5.82 Å². The SMILES string of the molecule is O=C(CC1CCCC1)N[C@@H](CCN1CC2=CN(C(=O)c3c(F)cccc3Cl)CC2C1)c1ccccc1. The number of hydrogen-bond donors (Lipinski definition) is 1. The number of carbonyl (C=O) groups excluding carboxylic acids is 2. The van der Waals surface area contributed by atoms with Crippen LogP contribution in [0.5, 0.6) is 0 Å². The van der Waals surface area contributed by atoms with E-state index in [1.165, 1.54) is 30.5 Å². The zero-order valence-corrected chi connectivity index (χ0v) is 21.2. The number of halogens is 2. The molecule has 1 aliphatic carbocycles. The van der Waals surface area contributed by atoms with Crippen LogP contribution < -0.4 is 5.32 Å². The minimum atomic E-state index is -0.591. The van der Waals surface area contributed by atoms with Crippen LogP contribution in [0.4, 0.5) is 4.39 Å². The van der Waals surface area contributed by atoms with E-state index in [0.717, 1.165) is 44.5 Å². The van der Waals surface area contributed by atoms with E-state index in [4.69, 9.17) is 11.6 Å². The van der Waals surface area contributed by atoms with E-state index in [0.29, 0.717) is 18.9 Å². The highest BCUT2D eigenvalue weighted by Crippen LogP contribution is 2.33. The van der Waals surface area contributed by atoms with Crippen molar-refractivity contribution in [3.8, 4) is 0 Å². The fraction of sp³-hybridized carbons (Fsp3) is 0.448. The minimum Gasteiger partial charge on any atom is -0.349 e. The molecule has 7 heteroatoms. The summed E-state index contributed by atoms with van der Waals surface area (Å²) in [5, 5.41) is 3.44. The molecule has 5 rings (SSSR count). The van der Waals surface area contributed by atoms with Gasteiger partial charge in [-0.3, -0.25) is 14.5 Å². The Hall–Kier alpha value is -2.70. The Labute approximate surface area is 217 Å². The normalized spacial score (nSPS) is 20.9. The third kappa shape index (κ3) is 5.65. The first kappa shape index (κ1) is 25.0. The van der Waals surface area contributed by atoms with Crippen molar-refractivity contribution in [2.45, 2.75) is 44.6 Å². The van der Waals surface area contributed by atoms with Crippen molar-refractivity contribution in [3.05, 3.63) is 82.3 Å².